The van der Waals surface area contributed by atoms with Crippen molar-refractivity contribution in [3.8, 4) is 0 Å². The van der Waals surface area contributed by atoms with Gasteiger partial charge < -0.3 is 0 Å². The zero-order chi connectivity index (χ0) is 4.50. The van der Waals surface area contributed by atoms with Gasteiger partial charge >= 0.3 is 0 Å². The molecule has 0 heterocycles. The van der Waals surface area contributed by atoms with Crippen LogP contribution < -0.4 is 0 Å². The van der Waals surface area contributed by atoms with Crippen LogP contribution in [0.3, 0.4) is 0 Å². The van der Waals surface area contributed by atoms with Gasteiger partial charge in [-0.3, -0.25) is 4.80 Å². The molecule has 2 heteroatoms. The van der Waals surface area contributed by atoms with Crippen LogP contribution in [0.5, 0.6) is 0 Å². The van der Waals surface area contributed by atoms with E-state index in [0.29, 0.717) is 0 Å². The van der Waals surface area contributed by atoms with Crippen LogP contribution in [-0.4, -0.2) is 8.32 Å². The predicted molar refractivity (Wildman–Crippen MR) is 24.0 cm³/mol. The summed E-state index contributed by atoms with van der Waals surface area (Å²) in [5.41, 5.74) is 0. The number of hydrogen-bond donors (Lipinski definition) is 0. The molecule has 0 N–H and O–H groups in total. The highest BCUT2D eigenvalue weighted by Crippen LogP contribution is 1.90. The third-order valence-electron chi connectivity index (χ3n) is 0. The van der Waals surface area contributed by atoms with E-state index in [0.717, 1.165) is 0 Å². The summed E-state index contributed by atoms with van der Waals surface area (Å²) in [6.45, 7) is 5.31. The van der Waals surface area contributed by atoms with E-state index < -0.39 is 8.32 Å². The minimum Gasteiger partial charge on any atom is -0.298 e. The lowest BCUT2D eigenvalue weighted by atomic mass is 11.8. The zero-order valence-electron chi connectivity index (χ0n) is 3.91. The summed E-state index contributed by atoms with van der Waals surface area (Å²) in [5, 5.41) is 0. The van der Waals surface area contributed by atoms with Crippen molar-refractivity contribution >= 4 is 8.32 Å². The predicted octanol–water partition coefficient (Wildman–Crippen LogP) is 1.25. The first-order chi connectivity index (χ1) is 2.00. The van der Waals surface area contributed by atoms with Gasteiger partial charge in [0.15, 0.2) is 0 Å². The van der Waals surface area contributed by atoms with E-state index in [1.165, 1.54) is 0 Å². The third kappa shape index (κ3) is 633. The van der Waals surface area contributed by atoms with Gasteiger partial charge in [-0.25, -0.2) is 0 Å². The average molecular weight is 89.2 g/mol. The second-order valence-corrected chi connectivity index (χ2v) is 6.34. The van der Waals surface area contributed by atoms with E-state index in [9.17, 15) is 4.80 Å². The molecule has 0 unspecified atom stereocenters. The maximum absolute atomic E-state index is 10.2. The molecule has 0 bridgehead atoms. The van der Waals surface area contributed by atoms with Crippen molar-refractivity contribution in [2.75, 3.05) is 0 Å². The Hall–Kier alpha value is 0.177. The second kappa shape index (κ2) is 1.10. The molecule has 0 saturated heterocycles. The van der Waals surface area contributed by atoms with Crippen molar-refractivity contribution in [1.29, 1.82) is 0 Å². The third-order valence-corrected chi connectivity index (χ3v) is 0. The number of rotatable bonds is 0. The molecule has 0 amide bonds. The smallest absolute Gasteiger partial charge is 0.228 e. The molecule has 0 aromatic rings. The van der Waals surface area contributed by atoms with Crippen LogP contribution in [-0.2, 0) is 4.80 Å². The summed E-state index contributed by atoms with van der Waals surface area (Å²) in [6.07, 6.45) is 0. The second-order valence-electron chi connectivity index (χ2n) is 2.11. The van der Waals surface area contributed by atoms with Gasteiger partial charge in [-0.15, -0.1) is 0 Å². The van der Waals surface area contributed by atoms with Crippen LogP contribution in [0.2, 0.25) is 19.6 Å². The summed E-state index contributed by atoms with van der Waals surface area (Å²) in [4.78, 5) is 10.2. The quantitative estimate of drug-likeness (QED) is 0.398. The maximum Gasteiger partial charge on any atom is 0.228 e. The molecule has 0 aliphatic rings. The van der Waals surface area contributed by atoms with Crippen molar-refractivity contribution in [3.63, 3.8) is 0 Å². The molecule has 0 aromatic heterocycles. The first-order valence-electron chi connectivity index (χ1n) is 1.70. The van der Waals surface area contributed by atoms with Crippen LogP contribution >= 0.6 is 0 Å². The summed E-state index contributed by atoms with van der Waals surface area (Å²) >= 11 is 0. The van der Waals surface area contributed by atoms with Crippen molar-refractivity contribution in [3.05, 3.63) is 0 Å². The van der Waals surface area contributed by atoms with Crippen molar-refractivity contribution in [2.24, 2.45) is 0 Å². The molecule has 0 aromatic carbocycles. The van der Waals surface area contributed by atoms with Gasteiger partial charge in [-0.1, -0.05) is 0 Å². The van der Waals surface area contributed by atoms with Gasteiger partial charge in [0.2, 0.25) is 8.32 Å². The van der Waals surface area contributed by atoms with Crippen LogP contribution in [0, 0.1) is 0 Å². The van der Waals surface area contributed by atoms with Crippen LogP contribution in [0.15, 0.2) is 0 Å². The lowest BCUT2D eigenvalue weighted by Crippen LogP contribution is -2.14. The molecule has 31 valence electrons. The lowest BCUT2D eigenvalue weighted by Gasteiger charge is -1.95. The first-order valence-corrected chi connectivity index (χ1v) is 5.11. The lowest BCUT2D eigenvalue weighted by molar-refractivity contribution is 0.436. The Bertz CT molecular complexity index is 22.4. The minimum atomic E-state index is -1.86. The molecule has 5 heavy (non-hydrogen) atoms. The Morgan fingerprint density at radius 2 is 1.20 bits per heavy atom. The maximum atomic E-state index is 10.2. The van der Waals surface area contributed by atoms with Gasteiger partial charge in [0.05, 0.1) is 0 Å². The Kier molecular flexibility index (Phi) is 1.14. The van der Waals surface area contributed by atoms with Crippen LogP contribution in [0.1, 0.15) is 0 Å². The van der Waals surface area contributed by atoms with Gasteiger partial charge in [0.25, 0.3) is 0 Å². The van der Waals surface area contributed by atoms with Crippen molar-refractivity contribution < 1.29 is 4.80 Å². The SMILES string of the molecule is C[Si](C)(C)[O]. The van der Waals surface area contributed by atoms with Crippen LogP contribution in [0.4, 0.5) is 0 Å². The van der Waals surface area contributed by atoms with E-state index in [2.05, 4.69) is 0 Å². The monoisotopic (exact) mass is 89.0 g/mol. The van der Waals surface area contributed by atoms with E-state index in [1.807, 2.05) is 0 Å². The fourth-order valence-corrected chi connectivity index (χ4v) is 0. The standard InChI is InChI=1S/C3H9OSi/c1-5(2,3)4/h1-3H3. The van der Waals surface area contributed by atoms with E-state index in [1.54, 1.807) is 19.6 Å². The summed E-state index contributed by atoms with van der Waals surface area (Å²) in [6, 6.07) is 0. The highest BCUT2D eigenvalue weighted by atomic mass is 28.4. The zero-order valence-corrected chi connectivity index (χ0v) is 4.91. The van der Waals surface area contributed by atoms with Gasteiger partial charge in [0.1, 0.15) is 0 Å². The van der Waals surface area contributed by atoms with E-state index >= 15 is 0 Å². The summed E-state index contributed by atoms with van der Waals surface area (Å²) < 4.78 is 0. The summed E-state index contributed by atoms with van der Waals surface area (Å²) in [5.74, 6) is 0. The van der Waals surface area contributed by atoms with Crippen molar-refractivity contribution in [2.45, 2.75) is 19.6 Å². The largest absolute Gasteiger partial charge is 0.298 e. The van der Waals surface area contributed by atoms with Gasteiger partial charge in [0, 0.05) is 0 Å². The fraction of sp³-hybridized carbons (Fsp3) is 1.00. The first kappa shape index (κ1) is 5.18. The Balaban J connectivity index is 3.02. The van der Waals surface area contributed by atoms with E-state index in [-0.39, 0.29) is 0 Å². The molecule has 0 aliphatic carbocycles. The Morgan fingerprint density at radius 3 is 1.20 bits per heavy atom. The Morgan fingerprint density at radius 1 is 1.20 bits per heavy atom. The highest BCUT2D eigenvalue weighted by Gasteiger charge is 2.07. The molecular weight excluding hydrogens is 80.1 g/mol. The minimum absolute atomic E-state index is 1.77. The molecule has 0 saturated carbocycles. The highest BCUT2D eigenvalue weighted by molar-refractivity contribution is 6.68. The molecule has 0 fully saturated rings. The van der Waals surface area contributed by atoms with Crippen molar-refractivity contribution in [1.82, 2.24) is 0 Å². The normalized spacial score (nSPS) is 12.0. The van der Waals surface area contributed by atoms with Gasteiger partial charge in [-0.2, -0.15) is 0 Å². The molecule has 1 nitrogen and oxygen atoms in total. The average Bonchev–Trinajstić information content (AvgIpc) is 0.722. The van der Waals surface area contributed by atoms with E-state index in [4.69, 9.17) is 0 Å². The molecule has 0 spiro atoms. The molecule has 0 aliphatic heterocycles. The van der Waals surface area contributed by atoms with Crippen LogP contribution in [0.25, 0.3) is 0 Å². The number of hydrogen-bond acceptors (Lipinski definition) is 0. The summed E-state index contributed by atoms with van der Waals surface area (Å²) in [7, 11) is -1.86. The van der Waals surface area contributed by atoms with Gasteiger partial charge in [-0.05, 0) is 19.6 Å². The molecule has 0 atom stereocenters. The molecular formula is C3H9OSi. The Labute approximate surface area is 33.8 Å². The topological polar surface area (TPSA) is 19.9 Å². The molecule has 1 radical (unpaired) electrons. The molecule has 0 rings (SSSR count). The fourth-order valence-electron chi connectivity index (χ4n) is 0.